The number of rotatable bonds is 5. The van der Waals surface area contributed by atoms with Gasteiger partial charge in [-0.3, -0.25) is 0 Å². The Morgan fingerprint density at radius 1 is 1.07 bits per heavy atom. The lowest BCUT2D eigenvalue weighted by Crippen LogP contribution is -2.31. The van der Waals surface area contributed by atoms with Crippen molar-refractivity contribution in [3.8, 4) is 11.8 Å². The first-order chi connectivity index (χ1) is 12.6. The van der Waals surface area contributed by atoms with Gasteiger partial charge in [-0.2, -0.15) is 17.5 Å². The van der Waals surface area contributed by atoms with Crippen molar-refractivity contribution in [1.82, 2.24) is 4.31 Å². The number of halogens is 3. The van der Waals surface area contributed by atoms with Gasteiger partial charge in [-0.15, -0.1) is 6.58 Å². The van der Waals surface area contributed by atoms with Crippen molar-refractivity contribution >= 4 is 10.0 Å². The summed E-state index contributed by atoms with van der Waals surface area (Å²) in [5, 5.41) is 0. The third kappa shape index (κ3) is 5.46. The van der Waals surface area contributed by atoms with E-state index in [1.54, 1.807) is 12.1 Å². The smallest absolute Gasteiger partial charge is 0.207 e. The minimum Gasteiger partial charge on any atom is -0.207 e. The Balaban J connectivity index is 2.19. The van der Waals surface area contributed by atoms with Crippen LogP contribution >= 0.6 is 0 Å². The summed E-state index contributed by atoms with van der Waals surface area (Å²) >= 11 is 0. The predicted molar refractivity (Wildman–Crippen MR) is 98.5 cm³/mol. The number of sulfonamides is 1. The molecule has 0 N–H and O–H groups in total. The predicted octanol–water partition coefficient (Wildman–Crippen LogP) is 4.24. The number of benzene rings is 2. The fraction of sp³-hybridized carbons (Fsp3) is 0.200. The SMILES string of the molecule is C=CCN(CC#Cc1ccc(C(F)(F)F)cc1)S(=O)(=O)c1ccc(C)cc1. The molecule has 0 fully saturated rings. The quantitative estimate of drug-likeness (QED) is 0.563. The zero-order valence-corrected chi connectivity index (χ0v) is 15.4. The average Bonchev–Trinajstić information content (AvgIpc) is 2.61. The van der Waals surface area contributed by atoms with Crippen molar-refractivity contribution in [1.29, 1.82) is 0 Å². The van der Waals surface area contributed by atoms with E-state index in [2.05, 4.69) is 18.4 Å². The van der Waals surface area contributed by atoms with E-state index in [9.17, 15) is 21.6 Å². The maximum Gasteiger partial charge on any atom is 0.416 e. The van der Waals surface area contributed by atoms with E-state index in [-0.39, 0.29) is 18.0 Å². The molecule has 2 aromatic rings. The molecule has 142 valence electrons. The molecule has 27 heavy (non-hydrogen) atoms. The normalized spacial score (nSPS) is 11.7. The van der Waals surface area contributed by atoms with Crippen molar-refractivity contribution in [3.63, 3.8) is 0 Å². The van der Waals surface area contributed by atoms with Gasteiger partial charge in [-0.25, -0.2) is 8.42 Å². The highest BCUT2D eigenvalue weighted by Gasteiger charge is 2.29. The van der Waals surface area contributed by atoms with Crippen LogP contribution in [0.1, 0.15) is 16.7 Å². The summed E-state index contributed by atoms with van der Waals surface area (Å²) in [4.78, 5) is 0.145. The van der Waals surface area contributed by atoms with Gasteiger partial charge in [-0.05, 0) is 43.3 Å². The first-order valence-electron chi connectivity index (χ1n) is 7.98. The van der Waals surface area contributed by atoms with E-state index in [4.69, 9.17) is 0 Å². The molecule has 0 bridgehead atoms. The first-order valence-corrected chi connectivity index (χ1v) is 9.42. The van der Waals surface area contributed by atoms with Gasteiger partial charge in [0.15, 0.2) is 0 Å². The van der Waals surface area contributed by atoms with E-state index < -0.39 is 21.8 Å². The zero-order chi connectivity index (χ0) is 20.1. The summed E-state index contributed by atoms with van der Waals surface area (Å²) in [5.74, 6) is 5.39. The fourth-order valence-corrected chi connectivity index (χ4v) is 3.54. The Hall–Kier alpha value is -2.56. The van der Waals surface area contributed by atoms with Crippen LogP contribution in [0.2, 0.25) is 0 Å². The van der Waals surface area contributed by atoms with Crippen LogP contribution in [0.3, 0.4) is 0 Å². The molecule has 0 saturated carbocycles. The number of nitrogens with zero attached hydrogens (tertiary/aromatic N) is 1. The lowest BCUT2D eigenvalue weighted by atomic mass is 10.1. The van der Waals surface area contributed by atoms with Crippen molar-refractivity contribution in [2.45, 2.75) is 18.0 Å². The minimum absolute atomic E-state index is 0.0674. The molecular weight excluding hydrogens is 375 g/mol. The molecule has 0 heterocycles. The Bertz CT molecular complexity index is 952. The summed E-state index contributed by atoms with van der Waals surface area (Å²) in [6.45, 7) is 5.37. The lowest BCUT2D eigenvalue weighted by molar-refractivity contribution is -0.137. The lowest BCUT2D eigenvalue weighted by Gasteiger charge is -2.18. The maximum absolute atomic E-state index is 12.7. The number of alkyl halides is 3. The average molecular weight is 393 g/mol. The minimum atomic E-state index is -4.41. The second-order valence-electron chi connectivity index (χ2n) is 5.78. The van der Waals surface area contributed by atoms with Gasteiger partial charge in [0, 0.05) is 12.1 Å². The van der Waals surface area contributed by atoms with Crippen LogP contribution in [0.25, 0.3) is 0 Å². The third-order valence-electron chi connectivity index (χ3n) is 3.69. The molecule has 0 aromatic heterocycles. The molecule has 0 aliphatic carbocycles. The van der Waals surface area contributed by atoms with E-state index in [1.165, 1.54) is 30.3 Å². The number of aryl methyl sites for hydroxylation is 1. The highest BCUT2D eigenvalue weighted by Crippen LogP contribution is 2.28. The molecule has 0 atom stereocenters. The Kier molecular flexibility index (Phi) is 6.47. The van der Waals surface area contributed by atoms with Gasteiger partial charge in [0.05, 0.1) is 17.0 Å². The summed E-state index contributed by atoms with van der Waals surface area (Å²) in [6.07, 6.45) is -2.96. The van der Waals surface area contributed by atoms with Crippen LogP contribution in [0.15, 0.2) is 66.1 Å². The van der Waals surface area contributed by atoms with Crippen molar-refractivity contribution in [3.05, 3.63) is 77.9 Å². The fourth-order valence-electron chi connectivity index (χ4n) is 2.22. The summed E-state index contributed by atoms with van der Waals surface area (Å²) in [7, 11) is -3.75. The Morgan fingerprint density at radius 2 is 1.67 bits per heavy atom. The highest BCUT2D eigenvalue weighted by atomic mass is 32.2. The largest absolute Gasteiger partial charge is 0.416 e. The van der Waals surface area contributed by atoms with Gasteiger partial charge in [0.2, 0.25) is 10.0 Å². The molecule has 7 heteroatoms. The third-order valence-corrected chi connectivity index (χ3v) is 5.52. The molecule has 0 saturated heterocycles. The second-order valence-corrected chi connectivity index (χ2v) is 7.71. The molecule has 0 amide bonds. The molecule has 0 unspecified atom stereocenters. The monoisotopic (exact) mass is 393 g/mol. The van der Waals surface area contributed by atoms with Gasteiger partial charge in [0.25, 0.3) is 0 Å². The number of hydrogen-bond acceptors (Lipinski definition) is 2. The molecule has 0 radical (unpaired) electrons. The van der Waals surface area contributed by atoms with Crippen LogP contribution in [-0.2, 0) is 16.2 Å². The van der Waals surface area contributed by atoms with Crippen LogP contribution < -0.4 is 0 Å². The molecule has 2 aromatic carbocycles. The molecule has 0 spiro atoms. The highest BCUT2D eigenvalue weighted by molar-refractivity contribution is 7.89. The van der Waals surface area contributed by atoms with E-state index in [0.29, 0.717) is 5.56 Å². The van der Waals surface area contributed by atoms with Gasteiger partial charge >= 0.3 is 6.18 Å². The van der Waals surface area contributed by atoms with E-state index >= 15 is 0 Å². The Labute approximate surface area is 157 Å². The van der Waals surface area contributed by atoms with Gasteiger partial charge in [-0.1, -0.05) is 35.6 Å². The molecule has 0 aliphatic heterocycles. The first kappa shape index (κ1) is 20.7. The van der Waals surface area contributed by atoms with Crippen LogP contribution in [0.4, 0.5) is 13.2 Å². The van der Waals surface area contributed by atoms with Crippen molar-refractivity contribution in [2.24, 2.45) is 0 Å². The molecule has 0 aliphatic rings. The summed E-state index contributed by atoms with van der Waals surface area (Å²) < 4.78 is 64.3. The van der Waals surface area contributed by atoms with E-state index in [1.807, 2.05) is 6.92 Å². The topological polar surface area (TPSA) is 37.4 Å². The molecule has 3 nitrogen and oxygen atoms in total. The van der Waals surface area contributed by atoms with Gasteiger partial charge < -0.3 is 0 Å². The second kappa shape index (κ2) is 8.42. The standard InChI is InChI=1S/C20H18F3NO2S/c1-3-14-24(27(25,26)19-12-6-16(2)7-13-19)15-4-5-17-8-10-18(11-9-17)20(21,22)23/h3,6-13H,1,14-15H2,2H3. The summed E-state index contributed by atoms with van der Waals surface area (Å²) in [6, 6.07) is 10.8. The van der Waals surface area contributed by atoms with Crippen molar-refractivity contribution in [2.75, 3.05) is 13.1 Å². The van der Waals surface area contributed by atoms with Crippen LogP contribution in [0.5, 0.6) is 0 Å². The van der Waals surface area contributed by atoms with E-state index in [0.717, 1.165) is 22.0 Å². The molecular formula is C20H18F3NO2S. The van der Waals surface area contributed by atoms with Crippen molar-refractivity contribution < 1.29 is 21.6 Å². The summed E-state index contributed by atoms with van der Waals surface area (Å²) in [5.41, 5.74) is 0.545. The van der Waals surface area contributed by atoms with Gasteiger partial charge in [0.1, 0.15) is 0 Å². The molecule has 2 rings (SSSR count). The zero-order valence-electron chi connectivity index (χ0n) is 14.6. The maximum atomic E-state index is 12.7. The van der Waals surface area contributed by atoms with Crippen LogP contribution in [-0.4, -0.2) is 25.8 Å². The Morgan fingerprint density at radius 3 is 2.19 bits per heavy atom. The number of hydrogen-bond donors (Lipinski definition) is 0. The van der Waals surface area contributed by atoms with Crippen LogP contribution in [0, 0.1) is 18.8 Å².